The van der Waals surface area contributed by atoms with E-state index in [0.717, 1.165) is 57.8 Å². The molecular weight excluding hydrogens is 242 g/mol. The van der Waals surface area contributed by atoms with Gasteiger partial charge in [-0.1, -0.05) is 12.1 Å². The van der Waals surface area contributed by atoms with Crippen LogP contribution in [0.15, 0.2) is 6.20 Å². The minimum absolute atomic E-state index is 0.453. The smallest absolute Gasteiger partial charge is 0.0964 e. The lowest BCUT2D eigenvalue weighted by molar-refractivity contribution is 0.0399. The molecule has 0 aromatic carbocycles. The Bertz CT molecular complexity index is 360. The highest BCUT2D eigenvalue weighted by molar-refractivity contribution is 4.91. The summed E-state index contributed by atoms with van der Waals surface area (Å²) in [6, 6.07) is 0. The molecular formula is C13H25N5O. The van der Waals surface area contributed by atoms with Crippen LogP contribution < -0.4 is 5.32 Å². The van der Waals surface area contributed by atoms with E-state index >= 15 is 0 Å². The highest BCUT2D eigenvalue weighted by Gasteiger charge is 2.18. The van der Waals surface area contributed by atoms with E-state index in [1.807, 2.05) is 18.0 Å². The van der Waals surface area contributed by atoms with Gasteiger partial charge in [0.15, 0.2) is 0 Å². The van der Waals surface area contributed by atoms with E-state index in [9.17, 15) is 0 Å². The average molecular weight is 267 g/mol. The zero-order chi connectivity index (χ0) is 13.5. The monoisotopic (exact) mass is 267 g/mol. The molecule has 0 unspecified atom stereocenters. The van der Waals surface area contributed by atoms with Gasteiger partial charge in [-0.2, -0.15) is 0 Å². The van der Waals surface area contributed by atoms with Gasteiger partial charge in [0.2, 0.25) is 0 Å². The van der Waals surface area contributed by atoms with Gasteiger partial charge in [0.25, 0.3) is 0 Å². The number of likely N-dealkylation sites (tertiary alicyclic amines) is 1. The lowest BCUT2D eigenvalue weighted by Gasteiger charge is -2.30. The number of methoxy groups -OCH3 is 1. The van der Waals surface area contributed by atoms with Crippen LogP contribution in [-0.4, -0.2) is 59.3 Å². The molecule has 2 rings (SSSR count). The molecule has 0 spiro atoms. The van der Waals surface area contributed by atoms with E-state index in [2.05, 4.69) is 27.5 Å². The first kappa shape index (κ1) is 14.4. The fraction of sp³-hybridized carbons (Fsp3) is 0.846. The van der Waals surface area contributed by atoms with Crippen molar-refractivity contribution >= 4 is 0 Å². The normalized spacial score (nSPS) is 18.0. The second kappa shape index (κ2) is 7.57. The van der Waals surface area contributed by atoms with Gasteiger partial charge in [-0.3, -0.25) is 4.68 Å². The summed E-state index contributed by atoms with van der Waals surface area (Å²) in [6.45, 7) is 8.05. The molecule has 6 nitrogen and oxygen atoms in total. The molecule has 0 bridgehead atoms. The molecule has 0 aliphatic carbocycles. The summed E-state index contributed by atoms with van der Waals surface area (Å²) in [5.41, 5.74) is 1.01. The molecule has 19 heavy (non-hydrogen) atoms. The Balaban J connectivity index is 1.69. The Morgan fingerprint density at radius 3 is 2.84 bits per heavy atom. The Morgan fingerprint density at radius 2 is 2.16 bits per heavy atom. The van der Waals surface area contributed by atoms with Gasteiger partial charge in [0.1, 0.15) is 0 Å². The van der Waals surface area contributed by atoms with Crippen molar-refractivity contribution in [3.8, 4) is 0 Å². The summed E-state index contributed by atoms with van der Waals surface area (Å²) in [7, 11) is 1.81. The summed E-state index contributed by atoms with van der Waals surface area (Å²) in [6.07, 6.45) is 4.76. The van der Waals surface area contributed by atoms with E-state index in [4.69, 9.17) is 4.74 Å². The van der Waals surface area contributed by atoms with Crippen LogP contribution in [0, 0.1) is 0 Å². The van der Waals surface area contributed by atoms with Crippen molar-refractivity contribution in [3.05, 3.63) is 11.9 Å². The highest BCUT2D eigenvalue weighted by Crippen LogP contribution is 2.12. The van der Waals surface area contributed by atoms with Crippen LogP contribution in [0.1, 0.15) is 25.5 Å². The molecule has 1 saturated heterocycles. The molecule has 0 amide bonds. The van der Waals surface area contributed by atoms with Crippen molar-refractivity contribution in [2.45, 2.75) is 39.0 Å². The van der Waals surface area contributed by atoms with Gasteiger partial charge in [0.05, 0.1) is 18.3 Å². The number of piperidine rings is 1. The number of aromatic nitrogens is 3. The predicted molar refractivity (Wildman–Crippen MR) is 73.9 cm³/mol. The Morgan fingerprint density at radius 1 is 1.37 bits per heavy atom. The lowest BCUT2D eigenvalue weighted by Crippen LogP contribution is -2.38. The first-order chi connectivity index (χ1) is 9.31. The molecule has 1 aliphatic heterocycles. The number of nitrogens with one attached hydrogen (secondary N) is 1. The summed E-state index contributed by atoms with van der Waals surface area (Å²) >= 11 is 0. The predicted octanol–water partition coefficient (Wildman–Crippen LogP) is 0.498. The molecule has 0 radical (unpaired) electrons. The van der Waals surface area contributed by atoms with Gasteiger partial charge in [-0.05, 0) is 19.4 Å². The number of ether oxygens (including phenoxy) is 1. The fourth-order valence-corrected chi connectivity index (χ4v) is 2.39. The second-order valence-electron chi connectivity index (χ2n) is 5.03. The minimum Gasteiger partial charge on any atom is -0.381 e. The standard InChI is InChI=1S/C13H25N5O/c1-3-14-10-12-11-18(16-15-12)9-8-17-6-4-13(19-2)5-7-17/h11,13-14H,3-10H2,1-2H3. The topological polar surface area (TPSA) is 55.2 Å². The van der Waals surface area contributed by atoms with Crippen LogP contribution in [0.3, 0.4) is 0 Å². The van der Waals surface area contributed by atoms with Crippen LogP contribution in [0.5, 0.6) is 0 Å². The number of hydrogen-bond acceptors (Lipinski definition) is 5. The maximum absolute atomic E-state index is 5.38. The van der Waals surface area contributed by atoms with Crippen LogP contribution in [0.2, 0.25) is 0 Å². The van der Waals surface area contributed by atoms with E-state index < -0.39 is 0 Å². The highest BCUT2D eigenvalue weighted by atomic mass is 16.5. The van der Waals surface area contributed by atoms with Crippen LogP contribution in [-0.2, 0) is 17.8 Å². The molecule has 1 N–H and O–H groups in total. The van der Waals surface area contributed by atoms with E-state index in [1.54, 1.807) is 0 Å². The van der Waals surface area contributed by atoms with E-state index in [-0.39, 0.29) is 0 Å². The minimum atomic E-state index is 0.453. The fourth-order valence-electron chi connectivity index (χ4n) is 2.39. The maximum Gasteiger partial charge on any atom is 0.0964 e. The summed E-state index contributed by atoms with van der Waals surface area (Å²) in [5.74, 6) is 0. The second-order valence-corrected chi connectivity index (χ2v) is 5.03. The van der Waals surface area contributed by atoms with E-state index in [1.165, 1.54) is 0 Å². The molecule has 1 aromatic heterocycles. The average Bonchev–Trinajstić information content (AvgIpc) is 2.91. The number of rotatable bonds is 7. The third-order valence-corrected chi connectivity index (χ3v) is 3.66. The van der Waals surface area contributed by atoms with Crippen LogP contribution in [0.25, 0.3) is 0 Å². The van der Waals surface area contributed by atoms with Gasteiger partial charge in [-0.25, -0.2) is 0 Å². The van der Waals surface area contributed by atoms with Crippen LogP contribution in [0.4, 0.5) is 0 Å². The van der Waals surface area contributed by atoms with Gasteiger partial charge >= 0.3 is 0 Å². The molecule has 0 saturated carbocycles. The van der Waals surface area contributed by atoms with Gasteiger partial charge < -0.3 is 15.0 Å². The molecule has 1 fully saturated rings. The zero-order valence-electron chi connectivity index (χ0n) is 12.0. The number of nitrogens with zero attached hydrogens (tertiary/aromatic N) is 4. The maximum atomic E-state index is 5.38. The molecule has 2 heterocycles. The lowest BCUT2D eigenvalue weighted by atomic mass is 10.1. The molecule has 108 valence electrons. The first-order valence-corrected chi connectivity index (χ1v) is 7.16. The third-order valence-electron chi connectivity index (χ3n) is 3.66. The van der Waals surface area contributed by atoms with Crippen molar-refractivity contribution < 1.29 is 4.74 Å². The SMILES string of the molecule is CCNCc1cn(CCN2CCC(OC)CC2)nn1. The third kappa shape index (κ3) is 4.56. The van der Waals surface area contributed by atoms with Crippen LogP contribution >= 0.6 is 0 Å². The van der Waals surface area contributed by atoms with Crippen molar-refractivity contribution in [1.29, 1.82) is 0 Å². The van der Waals surface area contributed by atoms with Crippen molar-refractivity contribution in [2.75, 3.05) is 33.3 Å². The largest absolute Gasteiger partial charge is 0.381 e. The molecule has 6 heteroatoms. The van der Waals surface area contributed by atoms with Gasteiger partial charge in [-0.15, -0.1) is 5.10 Å². The van der Waals surface area contributed by atoms with Crippen molar-refractivity contribution in [3.63, 3.8) is 0 Å². The Hall–Kier alpha value is -0.980. The molecule has 1 aliphatic rings. The quantitative estimate of drug-likeness (QED) is 0.779. The zero-order valence-corrected chi connectivity index (χ0v) is 12.0. The first-order valence-electron chi connectivity index (χ1n) is 7.16. The number of hydrogen-bond donors (Lipinski definition) is 1. The van der Waals surface area contributed by atoms with Crippen molar-refractivity contribution in [2.24, 2.45) is 0 Å². The summed E-state index contributed by atoms with van der Waals surface area (Å²) < 4.78 is 7.32. The van der Waals surface area contributed by atoms with E-state index in [0.29, 0.717) is 6.10 Å². The Labute approximate surface area is 115 Å². The Kier molecular flexibility index (Phi) is 5.75. The molecule has 1 aromatic rings. The summed E-state index contributed by atoms with van der Waals surface area (Å²) in [5, 5.41) is 11.6. The van der Waals surface area contributed by atoms with Gasteiger partial charge in [0, 0.05) is 39.5 Å². The summed E-state index contributed by atoms with van der Waals surface area (Å²) in [4.78, 5) is 2.47. The molecule has 0 atom stereocenters. The van der Waals surface area contributed by atoms with Crippen molar-refractivity contribution in [1.82, 2.24) is 25.2 Å².